The van der Waals surface area contributed by atoms with Crippen LogP contribution < -0.4 is 19.9 Å². The molecule has 1 saturated heterocycles. The number of hydrogen-bond acceptors (Lipinski definition) is 7. The molecule has 0 amide bonds. The molecule has 2 aliphatic heterocycles. The number of H-pyrrole nitrogens is 1. The van der Waals surface area contributed by atoms with E-state index in [4.69, 9.17) is 19.2 Å². The number of hydrogen-bond donors (Lipinski definition) is 1. The first-order chi connectivity index (χ1) is 15.8. The number of ether oxygens (including phenoxy) is 3. The molecule has 0 aliphatic carbocycles. The minimum absolute atomic E-state index is 0.191. The number of nitrogens with zero attached hydrogens (tertiary/aromatic N) is 4. The van der Waals surface area contributed by atoms with Gasteiger partial charge in [0.1, 0.15) is 19.0 Å². The van der Waals surface area contributed by atoms with Crippen LogP contribution in [0.4, 0.5) is 5.82 Å². The van der Waals surface area contributed by atoms with E-state index in [-0.39, 0.29) is 5.56 Å². The van der Waals surface area contributed by atoms with Gasteiger partial charge in [0.15, 0.2) is 17.1 Å². The van der Waals surface area contributed by atoms with Crippen LogP contribution >= 0.6 is 0 Å². The molecule has 9 heteroatoms. The fourth-order valence-corrected chi connectivity index (χ4v) is 4.07. The van der Waals surface area contributed by atoms with E-state index in [0.29, 0.717) is 49.3 Å². The molecule has 4 aromatic rings. The Morgan fingerprint density at radius 1 is 0.906 bits per heavy atom. The smallest absolute Gasteiger partial charge is 0.273 e. The lowest BCUT2D eigenvalue weighted by atomic mass is 10.1. The maximum atomic E-state index is 12.8. The molecule has 0 bridgehead atoms. The van der Waals surface area contributed by atoms with Crippen LogP contribution in [-0.4, -0.2) is 59.1 Å². The topological polar surface area (TPSA) is 94.0 Å². The number of rotatable bonds is 3. The molecule has 0 spiro atoms. The summed E-state index contributed by atoms with van der Waals surface area (Å²) in [7, 11) is 0. The normalized spacial score (nSPS) is 15.8. The highest BCUT2D eigenvalue weighted by molar-refractivity contribution is 5.78. The lowest BCUT2D eigenvalue weighted by Gasteiger charge is -2.27. The van der Waals surface area contributed by atoms with Crippen LogP contribution in [0.1, 0.15) is 0 Å². The van der Waals surface area contributed by atoms with Gasteiger partial charge < -0.3 is 19.1 Å². The minimum atomic E-state index is -0.191. The van der Waals surface area contributed by atoms with Crippen molar-refractivity contribution in [2.75, 3.05) is 44.4 Å². The van der Waals surface area contributed by atoms with Crippen molar-refractivity contribution in [3.63, 3.8) is 0 Å². The van der Waals surface area contributed by atoms with Crippen molar-refractivity contribution in [1.82, 2.24) is 19.6 Å². The van der Waals surface area contributed by atoms with Crippen LogP contribution in [0.25, 0.3) is 28.0 Å². The van der Waals surface area contributed by atoms with Gasteiger partial charge in [0.25, 0.3) is 5.56 Å². The zero-order valence-corrected chi connectivity index (χ0v) is 17.3. The highest BCUT2D eigenvalue weighted by Gasteiger charge is 2.17. The number of benzene rings is 1. The van der Waals surface area contributed by atoms with Crippen molar-refractivity contribution >= 4 is 11.5 Å². The molecule has 0 saturated carbocycles. The van der Waals surface area contributed by atoms with Crippen LogP contribution in [0, 0.1) is 0 Å². The summed E-state index contributed by atoms with van der Waals surface area (Å²) in [4.78, 5) is 24.4. The molecule has 0 unspecified atom stereocenters. The summed E-state index contributed by atoms with van der Waals surface area (Å²) in [5, 5.41) is 3.00. The highest BCUT2D eigenvalue weighted by atomic mass is 16.6. The summed E-state index contributed by atoms with van der Waals surface area (Å²) in [6.07, 6.45) is 3.60. The van der Waals surface area contributed by atoms with Gasteiger partial charge in [-0.2, -0.15) is 0 Å². The number of morpholine rings is 1. The average Bonchev–Trinajstić information content (AvgIpc) is 3.29. The summed E-state index contributed by atoms with van der Waals surface area (Å²) in [5.74, 6) is 2.28. The Labute approximate surface area is 183 Å². The third-order valence-corrected chi connectivity index (χ3v) is 5.73. The second-order valence-electron chi connectivity index (χ2n) is 7.69. The second kappa shape index (κ2) is 7.69. The minimum Gasteiger partial charge on any atom is -0.486 e. The van der Waals surface area contributed by atoms with Gasteiger partial charge in [0, 0.05) is 48.2 Å². The molecule has 6 rings (SSSR count). The standard InChI is InChI=1S/C23H21N5O4/c29-22-12-18(15-1-3-19-20(11-15)32-10-9-31-19)26-23-17(14-25-28(22)23)16-2-4-21(24-13-16)27-5-7-30-8-6-27/h1-4,11-14,25H,5-10H2. The first-order valence-electron chi connectivity index (χ1n) is 10.6. The Morgan fingerprint density at radius 2 is 1.72 bits per heavy atom. The molecule has 0 atom stereocenters. The average molecular weight is 431 g/mol. The number of fused-ring (bicyclic) bond motifs is 2. The van der Waals surface area contributed by atoms with Crippen LogP contribution in [0.3, 0.4) is 0 Å². The predicted molar refractivity (Wildman–Crippen MR) is 119 cm³/mol. The number of pyridine rings is 1. The molecule has 1 fully saturated rings. The molecule has 5 heterocycles. The van der Waals surface area contributed by atoms with Gasteiger partial charge in [-0.05, 0) is 30.3 Å². The van der Waals surface area contributed by atoms with Gasteiger partial charge in [0.2, 0.25) is 0 Å². The van der Waals surface area contributed by atoms with Gasteiger partial charge in [-0.25, -0.2) is 14.5 Å². The van der Waals surface area contributed by atoms with Gasteiger partial charge in [-0.1, -0.05) is 0 Å². The number of nitrogens with one attached hydrogen (secondary N) is 1. The number of aromatic nitrogens is 4. The van der Waals surface area contributed by atoms with Gasteiger partial charge in [-0.15, -0.1) is 0 Å². The fourth-order valence-electron chi connectivity index (χ4n) is 4.07. The zero-order valence-electron chi connectivity index (χ0n) is 17.3. The Balaban J connectivity index is 1.39. The van der Waals surface area contributed by atoms with Crippen LogP contribution in [0.2, 0.25) is 0 Å². The maximum Gasteiger partial charge on any atom is 0.273 e. The molecule has 2 aliphatic rings. The number of anilines is 1. The van der Waals surface area contributed by atoms with E-state index in [2.05, 4.69) is 15.0 Å². The number of aromatic amines is 1. The largest absolute Gasteiger partial charge is 0.486 e. The SMILES string of the molecule is O=c1cc(-c2ccc3c(c2)OCCO3)nc2c(-c3ccc(N4CCOCC4)nc3)c[nH]n12. The van der Waals surface area contributed by atoms with Crippen molar-refractivity contribution in [3.8, 4) is 33.9 Å². The molecule has 32 heavy (non-hydrogen) atoms. The van der Waals surface area contributed by atoms with Crippen molar-refractivity contribution in [1.29, 1.82) is 0 Å². The first-order valence-corrected chi connectivity index (χ1v) is 10.6. The molecule has 3 aromatic heterocycles. The molecule has 0 radical (unpaired) electrons. The lowest BCUT2D eigenvalue weighted by Crippen LogP contribution is -2.36. The van der Waals surface area contributed by atoms with Gasteiger partial charge >= 0.3 is 0 Å². The highest BCUT2D eigenvalue weighted by Crippen LogP contribution is 2.34. The van der Waals surface area contributed by atoms with E-state index in [0.717, 1.165) is 35.6 Å². The Kier molecular flexibility index (Phi) is 4.53. The van der Waals surface area contributed by atoms with E-state index in [1.54, 1.807) is 6.20 Å². The summed E-state index contributed by atoms with van der Waals surface area (Å²) in [6.45, 7) is 4.11. The van der Waals surface area contributed by atoms with Crippen molar-refractivity contribution in [2.24, 2.45) is 0 Å². The monoisotopic (exact) mass is 431 g/mol. The quantitative estimate of drug-likeness (QED) is 0.532. The third kappa shape index (κ3) is 3.27. The van der Waals surface area contributed by atoms with Crippen molar-refractivity contribution in [3.05, 3.63) is 59.1 Å². The molecular formula is C23H21N5O4. The summed E-state index contributed by atoms with van der Waals surface area (Å²) >= 11 is 0. The lowest BCUT2D eigenvalue weighted by molar-refractivity contribution is 0.122. The van der Waals surface area contributed by atoms with Crippen molar-refractivity contribution in [2.45, 2.75) is 0 Å². The van der Waals surface area contributed by atoms with Crippen LogP contribution in [0.5, 0.6) is 11.5 Å². The maximum absolute atomic E-state index is 12.8. The summed E-state index contributed by atoms with van der Waals surface area (Å²) < 4.78 is 18.1. The van der Waals surface area contributed by atoms with E-state index in [9.17, 15) is 4.79 Å². The summed E-state index contributed by atoms with van der Waals surface area (Å²) in [6, 6.07) is 11.1. The van der Waals surface area contributed by atoms with Gasteiger partial charge in [0.05, 0.1) is 18.9 Å². The van der Waals surface area contributed by atoms with E-state index < -0.39 is 0 Å². The molecule has 9 nitrogen and oxygen atoms in total. The molecule has 162 valence electrons. The Morgan fingerprint density at radius 3 is 2.53 bits per heavy atom. The third-order valence-electron chi connectivity index (χ3n) is 5.73. The van der Waals surface area contributed by atoms with E-state index >= 15 is 0 Å². The predicted octanol–water partition coefficient (Wildman–Crippen LogP) is 2.36. The zero-order chi connectivity index (χ0) is 21.5. The van der Waals surface area contributed by atoms with Crippen LogP contribution in [-0.2, 0) is 4.74 Å². The Bertz CT molecular complexity index is 1340. The Hall–Kier alpha value is -3.85. The molecular weight excluding hydrogens is 410 g/mol. The van der Waals surface area contributed by atoms with Crippen molar-refractivity contribution < 1.29 is 14.2 Å². The van der Waals surface area contributed by atoms with E-state index in [1.165, 1.54) is 10.6 Å². The van der Waals surface area contributed by atoms with E-state index in [1.807, 2.05) is 36.5 Å². The first kappa shape index (κ1) is 18.9. The van der Waals surface area contributed by atoms with Crippen LogP contribution in [0.15, 0.2) is 53.6 Å². The van der Waals surface area contributed by atoms with Gasteiger partial charge in [-0.3, -0.25) is 9.89 Å². The summed E-state index contributed by atoms with van der Waals surface area (Å²) in [5.41, 5.74) is 3.41. The molecule has 1 N–H and O–H groups in total. The molecule has 1 aromatic carbocycles. The fraction of sp³-hybridized carbons (Fsp3) is 0.261. The second-order valence-corrected chi connectivity index (χ2v) is 7.69.